The summed E-state index contributed by atoms with van der Waals surface area (Å²) in [4.78, 5) is 12.6. The lowest BCUT2D eigenvalue weighted by Gasteiger charge is -2.22. The molecule has 1 atom stereocenters. The van der Waals surface area contributed by atoms with Crippen LogP contribution >= 0.6 is 0 Å². The molecule has 0 aliphatic rings. The summed E-state index contributed by atoms with van der Waals surface area (Å²) < 4.78 is 1.77. The monoisotopic (exact) mass is 376 g/mol. The lowest BCUT2D eigenvalue weighted by Crippen LogP contribution is -2.34. The Morgan fingerprint density at radius 2 is 1.71 bits per heavy atom. The van der Waals surface area contributed by atoms with Crippen molar-refractivity contribution < 1.29 is 4.79 Å². The fourth-order valence-electron chi connectivity index (χ4n) is 3.26. The van der Waals surface area contributed by atoms with Crippen LogP contribution < -0.4 is 10.6 Å². The van der Waals surface area contributed by atoms with Gasteiger partial charge in [0.05, 0.1) is 17.9 Å². The van der Waals surface area contributed by atoms with Gasteiger partial charge in [-0.3, -0.25) is 4.79 Å². The molecule has 0 bridgehead atoms. The van der Waals surface area contributed by atoms with E-state index in [1.807, 2.05) is 62.4 Å². The zero-order valence-corrected chi connectivity index (χ0v) is 16.9. The molecule has 0 saturated carbocycles. The molecule has 0 fully saturated rings. The number of aromatic nitrogens is 2. The van der Waals surface area contributed by atoms with Gasteiger partial charge in [0, 0.05) is 12.1 Å². The Morgan fingerprint density at radius 3 is 2.36 bits per heavy atom. The van der Waals surface area contributed by atoms with E-state index >= 15 is 0 Å². The highest BCUT2D eigenvalue weighted by Gasteiger charge is 2.17. The number of aryl methyl sites for hydroxylation is 2. The molecule has 3 rings (SSSR count). The summed E-state index contributed by atoms with van der Waals surface area (Å²) >= 11 is 0. The summed E-state index contributed by atoms with van der Waals surface area (Å²) in [7, 11) is 0. The van der Waals surface area contributed by atoms with Gasteiger partial charge < -0.3 is 10.6 Å². The largest absolute Gasteiger partial charge is 0.309 e. The maximum atomic E-state index is 12.6. The normalized spacial score (nSPS) is 12.2. The molecule has 146 valence electrons. The quantitative estimate of drug-likeness (QED) is 0.642. The van der Waals surface area contributed by atoms with Crippen LogP contribution in [0.25, 0.3) is 5.69 Å². The van der Waals surface area contributed by atoms with Crippen LogP contribution in [0.4, 0.5) is 5.82 Å². The van der Waals surface area contributed by atoms with E-state index in [1.165, 1.54) is 11.1 Å². The molecule has 5 nitrogen and oxygen atoms in total. The van der Waals surface area contributed by atoms with Crippen LogP contribution in [-0.4, -0.2) is 22.2 Å². The standard InChI is InChI=1S/C23H28N4O/c1-16(2)23(19-8-6-5-7-9-19)24-15-22(28)25-21-14-18(4)26-27(21)20-12-10-17(3)11-13-20/h5-14,16,23-24H,15H2,1-4H3,(H,25,28). The van der Waals surface area contributed by atoms with E-state index < -0.39 is 0 Å². The van der Waals surface area contributed by atoms with Crippen molar-refractivity contribution in [1.82, 2.24) is 15.1 Å². The number of amides is 1. The van der Waals surface area contributed by atoms with Crippen LogP contribution in [0.15, 0.2) is 60.7 Å². The highest BCUT2D eigenvalue weighted by atomic mass is 16.2. The third-order valence-electron chi connectivity index (χ3n) is 4.69. The Labute approximate surface area is 166 Å². The van der Waals surface area contributed by atoms with E-state index in [4.69, 9.17) is 0 Å². The van der Waals surface area contributed by atoms with Gasteiger partial charge >= 0.3 is 0 Å². The molecular formula is C23H28N4O. The van der Waals surface area contributed by atoms with Gasteiger partial charge in [-0.15, -0.1) is 0 Å². The van der Waals surface area contributed by atoms with Crippen molar-refractivity contribution in [2.75, 3.05) is 11.9 Å². The SMILES string of the molecule is Cc1ccc(-n2nc(C)cc2NC(=O)CNC(c2ccccc2)C(C)C)cc1. The molecule has 0 radical (unpaired) electrons. The average molecular weight is 377 g/mol. The van der Waals surface area contributed by atoms with Gasteiger partial charge in [-0.2, -0.15) is 5.10 Å². The van der Waals surface area contributed by atoms with Crippen molar-refractivity contribution in [3.63, 3.8) is 0 Å². The van der Waals surface area contributed by atoms with E-state index in [9.17, 15) is 4.79 Å². The van der Waals surface area contributed by atoms with Crippen LogP contribution in [0.5, 0.6) is 0 Å². The molecule has 2 N–H and O–H groups in total. The minimum Gasteiger partial charge on any atom is -0.309 e. The molecule has 5 heteroatoms. The van der Waals surface area contributed by atoms with E-state index in [0.29, 0.717) is 11.7 Å². The number of carbonyl (C=O) groups is 1. The Morgan fingerprint density at radius 1 is 1.04 bits per heavy atom. The molecule has 0 spiro atoms. The van der Waals surface area contributed by atoms with Gasteiger partial charge in [-0.25, -0.2) is 4.68 Å². The zero-order chi connectivity index (χ0) is 20.1. The third kappa shape index (κ3) is 4.87. The van der Waals surface area contributed by atoms with E-state index in [-0.39, 0.29) is 18.5 Å². The molecule has 3 aromatic rings. The molecule has 1 unspecified atom stereocenters. The van der Waals surface area contributed by atoms with E-state index in [1.54, 1.807) is 4.68 Å². The van der Waals surface area contributed by atoms with Crippen molar-refractivity contribution in [2.24, 2.45) is 5.92 Å². The average Bonchev–Trinajstić information content (AvgIpc) is 3.03. The van der Waals surface area contributed by atoms with Gasteiger partial charge in [0.1, 0.15) is 5.82 Å². The van der Waals surface area contributed by atoms with Gasteiger partial charge in [-0.1, -0.05) is 61.9 Å². The number of anilines is 1. The Balaban J connectivity index is 1.69. The van der Waals surface area contributed by atoms with Crippen LogP contribution in [0.1, 0.15) is 36.7 Å². The lowest BCUT2D eigenvalue weighted by atomic mass is 9.96. The van der Waals surface area contributed by atoms with E-state index in [0.717, 1.165) is 11.4 Å². The number of hydrogen-bond donors (Lipinski definition) is 2. The minimum atomic E-state index is -0.0881. The number of rotatable bonds is 7. The summed E-state index contributed by atoms with van der Waals surface area (Å²) in [6.07, 6.45) is 0. The molecule has 2 aromatic carbocycles. The number of hydrogen-bond acceptors (Lipinski definition) is 3. The molecule has 0 saturated heterocycles. The van der Waals surface area contributed by atoms with Crippen molar-refractivity contribution in [1.29, 1.82) is 0 Å². The summed E-state index contributed by atoms with van der Waals surface area (Å²) in [5.41, 5.74) is 4.15. The van der Waals surface area contributed by atoms with Crippen LogP contribution in [-0.2, 0) is 4.79 Å². The number of nitrogens with one attached hydrogen (secondary N) is 2. The smallest absolute Gasteiger partial charge is 0.239 e. The number of carbonyl (C=O) groups excluding carboxylic acids is 1. The van der Waals surface area contributed by atoms with E-state index in [2.05, 4.69) is 41.7 Å². The first-order valence-electron chi connectivity index (χ1n) is 9.66. The second kappa shape index (κ2) is 8.85. The molecule has 28 heavy (non-hydrogen) atoms. The second-order valence-corrected chi connectivity index (χ2v) is 7.48. The predicted octanol–water partition coefficient (Wildman–Crippen LogP) is 4.41. The minimum absolute atomic E-state index is 0.0881. The first kappa shape index (κ1) is 19.8. The maximum Gasteiger partial charge on any atom is 0.239 e. The van der Waals surface area contributed by atoms with Crippen LogP contribution in [0, 0.1) is 19.8 Å². The maximum absolute atomic E-state index is 12.6. The number of benzene rings is 2. The highest BCUT2D eigenvalue weighted by molar-refractivity contribution is 5.91. The summed E-state index contributed by atoms with van der Waals surface area (Å²) in [5.74, 6) is 0.958. The van der Waals surface area contributed by atoms with Crippen molar-refractivity contribution >= 4 is 11.7 Å². The van der Waals surface area contributed by atoms with Crippen LogP contribution in [0.2, 0.25) is 0 Å². The Bertz CT molecular complexity index is 914. The Hall–Kier alpha value is -2.92. The molecule has 0 aliphatic heterocycles. The van der Waals surface area contributed by atoms with Crippen LogP contribution in [0.3, 0.4) is 0 Å². The fraction of sp³-hybridized carbons (Fsp3) is 0.304. The number of nitrogens with zero attached hydrogens (tertiary/aromatic N) is 2. The van der Waals surface area contributed by atoms with Gasteiger partial charge in [-0.05, 0) is 37.5 Å². The lowest BCUT2D eigenvalue weighted by molar-refractivity contribution is -0.115. The van der Waals surface area contributed by atoms with Crippen molar-refractivity contribution in [2.45, 2.75) is 33.7 Å². The van der Waals surface area contributed by atoms with Crippen molar-refractivity contribution in [3.05, 3.63) is 77.5 Å². The Kier molecular flexibility index (Phi) is 6.26. The molecule has 0 aliphatic carbocycles. The van der Waals surface area contributed by atoms with Gasteiger partial charge in [0.25, 0.3) is 0 Å². The topological polar surface area (TPSA) is 59.0 Å². The molecule has 1 heterocycles. The molecule has 1 aromatic heterocycles. The van der Waals surface area contributed by atoms with Crippen molar-refractivity contribution in [3.8, 4) is 5.69 Å². The first-order valence-corrected chi connectivity index (χ1v) is 9.66. The van der Waals surface area contributed by atoms with Gasteiger partial charge in [0.15, 0.2) is 0 Å². The molecular weight excluding hydrogens is 348 g/mol. The highest BCUT2D eigenvalue weighted by Crippen LogP contribution is 2.21. The first-order chi connectivity index (χ1) is 13.4. The summed E-state index contributed by atoms with van der Waals surface area (Å²) in [6, 6.07) is 20.3. The summed E-state index contributed by atoms with van der Waals surface area (Å²) in [5, 5.41) is 10.9. The fourth-order valence-corrected chi connectivity index (χ4v) is 3.26. The molecule has 1 amide bonds. The summed E-state index contributed by atoms with van der Waals surface area (Å²) in [6.45, 7) is 8.50. The second-order valence-electron chi connectivity index (χ2n) is 7.48. The zero-order valence-electron chi connectivity index (χ0n) is 16.9. The van der Waals surface area contributed by atoms with Gasteiger partial charge in [0.2, 0.25) is 5.91 Å². The third-order valence-corrected chi connectivity index (χ3v) is 4.69. The predicted molar refractivity (Wildman–Crippen MR) is 114 cm³/mol.